The lowest BCUT2D eigenvalue weighted by Gasteiger charge is -2.38. The SMILES string of the molecule is CC(C)(C)OC(=O)Nc1cccc2nc(N3CC(F)(F)C3)ncc12. The summed E-state index contributed by atoms with van der Waals surface area (Å²) in [5.74, 6) is -2.43. The van der Waals surface area contributed by atoms with Gasteiger partial charge in [0.15, 0.2) is 0 Å². The van der Waals surface area contributed by atoms with Crippen molar-refractivity contribution >= 4 is 28.6 Å². The van der Waals surface area contributed by atoms with Crippen molar-refractivity contribution in [3.63, 3.8) is 0 Å². The number of nitrogens with one attached hydrogen (secondary N) is 1. The maximum Gasteiger partial charge on any atom is 0.412 e. The highest BCUT2D eigenvalue weighted by atomic mass is 19.3. The number of anilines is 2. The van der Waals surface area contributed by atoms with Crippen LogP contribution in [0.25, 0.3) is 10.9 Å². The highest BCUT2D eigenvalue weighted by molar-refractivity contribution is 5.98. The molecular weight excluding hydrogens is 318 g/mol. The number of hydrogen-bond donors (Lipinski definition) is 1. The van der Waals surface area contributed by atoms with E-state index in [4.69, 9.17) is 4.74 Å². The average molecular weight is 336 g/mol. The summed E-state index contributed by atoms with van der Waals surface area (Å²) in [5.41, 5.74) is 0.451. The van der Waals surface area contributed by atoms with Crippen LogP contribution in [0.4, 0.5) is 25.2 Å². The summed E-state index contributed by atoms with van der Waals surface area (Å²) in [6.07, 6.45) is 0.933. The molecule has 1 saturated heterocycles. The van der Waals surface area contributed by atoms with Crippen molar-refractivity contribution in [2.24, 2.45) is 0 Å². The molecule has 0 spiro atoms. The van der Waals surface area contributed by atoms with E-state index < -0.39 is 17.6 Å². The molecule has 0 saturated carbocycles. The van der Waals surface area contributed by atoms with Gasteiger partial charge < -0.3 is 9.64 Å². The molecule has 2 aromatic rings. The topological polar surface area (TPSA) is 67.3 Å². The Labute approximate surface area is 137 Å². The van der Waals surface area contributed by atoms with Gasteiger partial charge in [-0.1, -0.05) is 6.07 Å². The molecule has 1 aliphatic rings. The third-order valence-corrected chi connectivity index (χ3v) is 3.38. The van der Waals surface area contributed by atoms with Gasteiger partial charge >= 0.3 is 6.09 Å². The van der Waals surface area contributed by atoms with Crippen LogP contribution in [0.2, 0.25) is 0 Å². The number of amides is 1. The fourth-order valence-corrected chi connectivity index (χ4v) is 2.37. The maximum absolute atomic E-state index is 13.0. The molecule has 2 heterocycles. The molecule has 1 aliphatic heterocycles. The fourth-order valence-electron chi connectivity index (χ4n) is 2.37. The Morgan fingerprint density at radius 2 is 2.04 bits per heavy atom. The van der Waals surface area contributed by atoms with Gasteiger partial charge in [-0.3, -0.25) is 5.32 Å². The molecular formula is C16H18F2N4O2. The molecule has 1 amide bonds. The molecule has 1 aromatic carbocycles. The van der Waals surface area contributed by atoms with E-state index in [1.807, 2.05) is 0 Å². The predicted octanol–water partition coefficient (Wildman–Crippen LogP) is 3.43. The number of halogens is 2. The summed E-state index contributed by atoms with van der Waals surface area (Å²) in [7, 11) is 0. The van der Waals surface area contributed by atoms with Crippen LogP contribution in [0, 0.1) is 0 Å². The molecule has 8 heteroatoms. The number of aromatic nitrogens is 2. The van der Waals surface area contributed by atoms with Gasteiger partial charge in [0.1, 0.15) is 5.60 Å². The van der Waals surface area contributed by atoms with E-state index in [9.17, 15) is 13.6 Å². The monoisotopic (exact) mass is 336 g/mol. The van der Waals surface area contributed by atoms with Crippen LogP contribution in [-0.4, -0.2) is 40.7 Å². The van der Waals surface area contributed by atoms with Crippen LogP contribution >= 0.6 is 0 Å². The van der Waals surface area contributed by atoms with Gasteiger partial charge in [-0.15, -0.1) is 0 Å². The normalized spacial score (nSPS) is 16.6. The zero-order valence-electron chi connectivity index (χ0n) is 13.6. The molecule has 6 nitrogen and oxygen atoms in total. The highest BCUT2D eigenvalue weighted by Gasteiger charge is 2.45. The van der Waals surface area contributed by atoms with Gasteiger partial charge in [0.2, 0.25) is 5.95 Å². The van der Waals surface area contributed by atoms with Crippen LogP contribution < -0.4 is 10.2 Å². The van der Waals surface area contributed by atoms with E-state index in [0.717, 1.165) is 0 Å². The first-order valence-electron chi connectivity index (χ1n) is 7.52. The number of fused-ring (bicyclic) bond motifs is 1. The number of rotatable bonds is 2. The van der Waals surface area contributed by atoms with Crippen molar-refractivity contribution in [3.8, 4) is 0 Å². The lowest BCUT2D eigenvalue weighted by molar-refractivity contribution is -0.0271. The molecule has 0 unspecified atom stereocenters. The fraction of sp³-hybridized carbons (Fsp3) is 0.438. The Morgan fingerprint density at radius 1 is 1.33 bits per heavy atom. The Balaban J connectivity index is 1.82. The van der Waals surface area contributed by atoms with Crippen molar-refractivity contribution in [2.75, 3.05) is 23.3 Å². The molecule has 1 fully saturated rings. The lowest BCUT2D eigenvalue weighted by Crippen LogP contribution is -2.57. The van der Waals surface area contributed by atoms with Crippen LogP contribution in [-0.2, 0) is 4.74 Å². The van der Waals surface area contributed by atoms with Crippen LogP contribution in [0.3, 0.4) is 0 Å². The standard InChI is InChI=1S/C16H18F2N4O2/c1-15(2,3)24-14(23)21-12-6-4-5-11-10(12)7-19-13(20-11)22-8-16(17,18)9-22/h4-7H,8-9H2,1-3H3,(H,21,23). The number of hydrogen-bond acceptors (Lipinski definition) is 5. The third-order valence-electron chi connectivity index (χ3n) is 3.38. The van der Waals surface area contributed by atoms with E-state index in [2.05, 4.69) is 15.3 Å². The number of alkyl halides is 2. The number of benzene rings is 1. The molecule has 0 atom stereocenters. The summed E-state index contributed by atoms with van der Waals surface area (Å²) < 4.78 is 31.2. The number of nitrogens with zero attached hydrogens (tertiary/aromatic N) is 3. The van der Waals surface area contributed by atoms with Crippen LogP contribution in [0.15, 0.2) is 24.4 Å². The molecule has 128 valence electrons. The first-order valence-corrected chi connectivity index (χ1v) is 7.52. The highest BCUT2D eigenvalue weighted by Crippen LogP contribution is 2.31. The molecule has 1 aromatic heterocycles. The Kier molecular flexibility index (Phi) is 3.77. The summed E-state index contributed by atoms with van der Waals surface area (Å²) in [4.78, 5) is 21.7. The molecule has 0 bridgehead atoms. The van der Waals surface area contributed by atoms with Gasteiger partial charge in [0.25, 0.3) is 5.92 Å². The van der Waals surface area contributed by atoms with Crippen LogP contribution in [0.1, 0.15) is 20.8 Å². The quantitative estimate of drug-likeness (QED) is 0.910. The molecule has 0 aliphatic carbocycles. The summed E-state index contributed by atoms with van der Waals surface area (Å²) in [6.45, 7) is 4.55. The van der Waals surface area contributed by atoms with Gasteiger partial charge in [0.05, 0.1) is 24.3 Å². The van der Waals surface area contributed by atoms with Crippen molar-refractivity contribution in [2.45, 2.75) is 32.3 Å². The molecule has 3 rings (SSSR count). The summed E-state index contributed by atoms with van der Waals surface area (Å²) >= 11 is 0. The molecule has 1 N–H and O–H groups in total. The number of carbonyl (C=O) groups is 1. The second-order valence-corrected chi connectivity index (χ2v) is 6.75. The average Bonchev–Trinajstić information content (AvgIpc) is 2.42. The zero-order chi connectivity index (χ0) is 17.5. The minimum Gasteiger partial charge on any atom is -0.444 e. The van der Waals surface area contributed by atoms with E-state index in [0.29, 0.717) is 16.6 Å². The van der Waals surface area contributed by atoms with E-state index in [1.54, 1.807) is 39.0 Å². The van der Waals surface area contributed by atoms with E-state index >= 15 is 0 Å². The van der Waals surface area contributed by atoms with Gasteiger partial charge in [0, 0.05) is 11.6 Å². The number of ether oxygens (including phenoxy) is 1. The predicted molar refractivity (Wildman–Crippen MR) is 86.6 cm³/mol. The van der Waals surface area contributed by atoms with Crippen molar-refractivity contribution in [3.05, 3.63) is 24.4 Å². The van der Waals surface area contributed by atoms with Crippen LogP contribution in [0.5, 0.6) is 0 Å². The van der Waals surface area contributed by atoms with E-state index in [1.165, 1.54) is 11.1 Å². The Hall–Kier alpha value is -2.51. The third kappa shape index (κ3) is 3.52. The Morgan fingerprint density at radius 3 is 2.67 bits per heavy atom. The first-order chi connectivity index (χ1) is 11.1. The van der Waals surface area contributed by atoms with E-state index in [-0.39, 0.29) is 19.0 Å². The summed E-state index contributed by atoms with van der Waals surface area (Å²) in [5, 5.41) is 3.27. The first kappa shape index (κ1) is 16.4. The second-order valence-electron chi connectivity index (χ2n) is 6.75. The molecule has 0 radical (unpaired) electrons. The van der Waals surface area contributed by atoms with Crippen molar-refractivity contribution in [1.82, 2.24) is 9.97 Å². The minimum absolute atomic E-state index is 0.253. The van der Waals surface area contributed by atoms with Gasteiger partial charge in [-0.2, -0.15) is 0 Å². The second kappa shape index (κ2) is 5.54. The summed E-state index contributed by atoms with van der Waals surface area (Å²) in [6, 6.07) is 5.16. The smallest absolute Gasteiger partial charge is 0.412 e. The largest absolute Gasteiger partial charge is 0.444 e. The van der Waals surface area contributed by atoms with Crippen molar-refractivity contribution < 1.29 is 18.3 Å². The zero-order valence-corrected chi connectivity index (χ0v) is 13.6. The van der Waals surface area contributed by atoms with Crippen molar-refractivity contribution in [1.29, 1.82) is 0 Å². The minimum atomic E-state index is -2.68. The lowest BCUT2D eigenvalue weighted by atomic mass is 10.1. The van der Waals surface area contributed by atoms with Gasteiger partial charge in [-0.05, 0) is 32.9 Å². The Bertz CT molecular complexity index is 781. The van der Waals surface area contributed by atoms with Gasteiger partial charge in [-0.25, -0.2) is 23.5 Å². The number of carbonyl (C=O) groups excluding carboxylic acids is 1. The maximum atomic E-state index is 13.0. The molecule has 24 heavy (non-hydrogen) atoms.